The highest BCUT2D eigenvalue weighted by atomic mass is 19.1. The first-order chi connectivity index (χ1) is 6.18. The molecule has 13 heavy (non-hydrogen) atoms. The average Bonchev–Trinajstić information content (AvgIpc) is 2.47. The zero-order chi connectivity index (χ0) is 9.42. The Kier molecular flexibility index (Phi) is 1.76. The number of fused-ring (bicyclic) bond motifs is 1. The predicted molar refractivity (Wildman–Crippen MR) is 47.0 cm³/mol. The van der Waals surface area contributed by atoms with Crippen LogP contribution in [0.2, 0.25) is 0 Å². The van der Waals surface area contributed by atoms with Gasteiger partial charge >= 0.3 is 0 Å². The minimum Gasteiger partial charge on any atom is -0.232 e. The molecule has 0 aliphatic carbocycles. The fourth-order valence-corrected chi connectivity index (χ4v) is 1.17. The first kappa shape index (κ1) is 8.16. The molecule has 0 N–H and O–H groups in total. The maximum Gasteiger partial charge on any atom is 0.234 e. The molecule has 0 amide bonds. The van der Waals surface area contributed by atoms with E-state index in [0.29, 0.717) is 11.6 Å². The van der Waals surface area contributed by atoms with E-state index in [1.54, 1.807) is 6.07 Å². The minimum absolute atomic E-state index is 0.297. The fourth-order valence-electron chi connectivity index (χ4n) is 1.17. The van der Waals surface area contributed by atoms with Crippen LogP contribution in [0.5, 0.6) is 0 Å². The summed E-state index contributed by atoms with van der Waals surface area (Å²) in [6.07, 6.45) is 1.17. The van der Waals surface area contributed by atoms with E-state index in [1.807, 2.05) is 19.9 Å². The third-order valence-electron chi connectivity index (χ3n) is 1.93. The minimum atomic E-state index is -0.419. The number of rotatable bonds is 1. The van der Waals surface area contributed by atoms with Crippen molar-refractivity contribution in [3.8, 4) is 0 Å². The van der Waals surface area contributed by atoms with Gasteiger partial charge in [0.1, 0.15) is 0 Å². The van der Waals surface area contributed by atoms with Gasteiger partial charge in [-0.15, -0.1) is 0 Å². The summed E-state index contributed by atoms with van der Waals surface area (Å²) < 4.78 is 14.2. The van der Waals surface area contributed by atoms with Gasteiger partial charge in [-0.2, -0.15) is 14.0 Å². The van der Waals surface area contributed by atoms with Gasteiger partial charge in [0.25, 0.3) is 0 Å². The van der Waals surface area contributed by atoms with Gasteiger partial charge in [-0.3, -0.25) is 0 Å². The molecule has 4 heteroatoms. The van der Waals surface area contributed by atoms with Gasteiger partial charge in [-0.1, -0.05) is 13.8 Å². The Balaban J connectivity index is 2.66. The van der Waals surface area contributed by atoms with Crippen LogP contribution in [0.1, 0.15) is 25.5 Å². The van der Waals surface area contributed by atoms with Crippen LogP contribution in [0.25, 0.3) is 5.65 Å². The Morgan fingerprint density at radius 3 is 2.85 bits per heavy atom. The SMILES string of the molecule is CC(C)c1ccc2ncc(F)n2n1. The quantitative estimate of drug-likeness (QED) is 0.670. The molecule has 2 aromatic heterocycles. The first-order valence-corrected chi connectivity index (χ1v) is 4.18. The Morgan fingerprint density at radius 1 is 1.38 bits per heavy atom. The van der Waals surface area contributed by atoms with E-state index in [4.69, 9.17) is 0 Å². The normalized spacial score (nSPS) is 11.4. The molecule has 0 aliphatic rings. The van der Waals surface area contributed by atoms with Crippen molar-refractivity contribution in [2.75, 3.05) is 0 Å². The number of hydrogen-bond acceptors (Lipinski definition) is 2. The summed E-state index contributed by atoms with van der Waals surface area (Å²) in [5.41, 5.74) is 1.41. The van der Waals surface area contributed by atoms with E-state index >= 15 is 0 Å². The molecular weight excluding hydrogens is 169 g/mol. The molecule has 0 unspecified atom stereocenters. The topological polar surface area (TPSA) is 30.2 Å². The van der Waals surface area contributed by atoms with Crippen LogP contribution in [0.3, 0.4) is 0 Å². The Morgan fingerprint density at radius 2 is 2.15 bits per heavy atom. The Bertz CT molecular complexity index is 433. The predicted octanol–water partition coefficient (Wildman–Crippen LogP) is 1.99. The molecule has 0 bridgehead atoms. The molecule has 0 spiro atoms. The summed E-state index contributed by atoms with van der Waals surface area (Å²) in [6.45, 7) is 4.03. The highest BCUT2D eigenvalue weighted by Gasteiger charge is 2.06. The summed E-state index contributed by atoms with van der Waals surface area (Å²) in [5.74, 6) is -0.122. The molecule has 0 fully saturated rings. The standard InChI is InChI=1S/C9H10FN3/c1-6(2)7-3-4-9-11-5-8(10)13(9)12-7/h3-6H,1-2H3. The molecule has 68 valence electrons. The lowest BCUT2D eigenvalue weighted by Crippen LogP contribution is -2.00. The van der Waals surface area contributed by atoms with Crippen LogP contribution in [0.15, 0.2) is 18.3 Å². The van der Waals surface area contributed by atoms with Gasteiger partial charge in [-0.25, -0.2) is 4.98 Å². The fraction of sp³-hybridized carbons (Fsp3) is 0.333. The van der Waals surface area contributed by atoms with Crippen LogP contribution in [0.4, 0.5) is 4.39 Å². The van der Waals surface area contributed by atoms with Crippen LogP contribution in [-0.4, -0.2) is 14.6 Å². The maximum absolute atomic E-state index is 13.0. The smallest absolute Gasteiger partial charge is 0.232 e. The maximum atomic E-state index is 13.0. The number of hydrogen-bond donors (Lipinski definition) is 0. The summed E-state index contributed by atoms with van der Waals surface area (Å²) in [5, 5.41) is 4.11. The van der Waals surface area contributed by atoms with E-state index in [0.717, 1.165) is 5.69 Å². The molecule has 3 nitrogen and oxygen atoms in total. The van der Waals surface area contributed by atoms with Crippen LogP contribution < -0.4 is 0 Å². The average molecular weight is 179 g/mol. The highest BCUT2D eigenvalue weighted by molar-refractivity contribution is 5.37. The molecular formula is C9H10FN3. The summed E-state index contributed by atoms with van der Waals surface area (Å²) in [7, 11) is 0. The molecule has 0 aromatic carbocycles. The molecule has 2 rings (SSSR count). The van der Waals surface area contributed by atoms with Gasteiger partial charge in [0, 0.05) is 0 Å². The van der Waals surface area contributed by atoms with Crippen LogP contribution >= 0.6 is 0 Å². The van der Waals surface area contributed by atoms with Crippen molar-refractivity contribution >= 4 is 5.65 Å². The number of aromatic nitrogens is 3. The van der Waals surface area contributed by atoms with Crippen molar-refractivity contribution in [3.63, 3.8) is 0 Å². The molecule has 0 radical (unpaired) electrons. The lowest BCUT2D eigenvalue weighted by atomic mass is 10.1. The second-order valence-electron chi connectivity index (χ2n) is 3.26. The monoisotopic (exact) mass is 179 g/mol. The van der Waals surface area contributed by atoms with E-state index < -0.39 is 5.95 Å². The number of nitrogens with zero attached hydrogens (tertiary/aromatic N) is 3. The van der Waals surface area contributed by atoms with Gasteiger partial charge in [0.05, 0.1) is 11.9 Å². The lowest BCUT2D eigenvalue weighted by Gasteiger charge is -2.03. The molecule has 0 saturated heterocycles. The summed E-state index contributed by atoms with van der Waals surface area (Å²) in [4.78, 5) is 3.84. The van der Waals surface area contributed by atoms with Crippen LogP contribution in [-0.2, 0) is 0 Å². The Labute approximate surface area is 75.2 Å². The third-order valence-corrected chi connectivity index (χ3v) is 1.93. The summed E-state index contributed by atoms with van der Waals surface area (Å²) >= 11 is 0. The van der Waals surface area contributed by atoms with Gasteiger partial charge in [0.15, 0.2) is 5.65 Å². The second kappa shape index (κ2) is 2.80. The third kappa shape index (κ3) is 1.28. The molecule has 0 saturated carbocycles. The number of halogens is 1. The van der Waals surface area contributed by atoms with E-state index in [2.05, 4.69) is 10.1 Å². The zero-order valence-electron chi connectivity index (χ0n) is 7.53. The van der Waals surface area contributed by atoms with Crippen molar-refractivity contribution in [1.82, 2.24) is 14.6 Å². The van der Waals surface area contributed by atoms with Crippen molar-refractivity contribution in [2.45, 2.75) is 19.8 Å². The van der Waals surface area contributed by atoms with Crippen molar-refractivity contribution in [3.05, 3.63) is 30.0 Å². The van der Waals surface area contributed by atoms with Gasteiger partial charge < -0.3 is 0 Å². The van der Waals surface area contributed by atoms with Gasteiger partial charge in [-0.05, 0) is 18.1 Å². The molecule has 2 aromatic rings. The highest BCUT2D eigenvalue weighted by Crippen LogP contribution is 2.12. The second-order valence-corrected chi connectivity index (χ2v) is 3.26. The van der Waals surface area contributed by atoms with E-state index in [1.165, 1.54) is 10.7 Å². The first-order valence-electron chi connectivity index (χ1n) is 4.18. The lowest BCUT2D eigenvalue weighted by molar-refractivity contribution is 0.542. The molecule has 0 atom stereocenters. The van der Waals surface area contributed by atoms with Gasteiger partial charge in [0.2, 0.25) is 5.95 Å². The number of imidazole rings is 1. The van der Waals surface area contributed by atoms with Crippen molar-refractivity contribution in [1.29, 1.82) is 0 Å². The largest absolute Gasteiger partial charge is 0.234 e. The van der Waals surface area contributed by atoms with Crippen molar-refractivity contribution < 1.29 is 4.39 Å². The van der Waals surface area contributed by atoms with Crippen LogP contribution in [0, 0.1) is 5.95 Å². The van der Waals surface area contributed by atoms with E-state index in [-0.39, 0.29) is 0 Å². The molecule has 0 aliphatic heterocycles. The molecule has 2 heterocycles. The summed E-state index contributed by atoms with van der Waals surface area (Å²) in [6, 6.07) is 3.64. The Hall–Kier alpha value is -1.45. The zero-order valence-corrected chi connectivity index (χ0v) is 7.53. The van der Waals surface area contributed by atoms with E-state index in [9.17, 15) is 4.39 Å². The van der Waals surface area contributed by atoms with Crippen molar-refractivity contribution in [2.24, 2.45) is 0 Å².